The summed E-state index contributed by atoms with van der Waals surface area (Å²) in [5.74, 6) is 0. The van der Waals surface area contributed by atoms with Gasteiger partial charge in [0.1, 0.15) is 0 Å². The maximum Gasteiger partial charge on any atom is 0.199 e. The predicted octanol–water partition coefficient (Wildman–Crippen LogP) is 5.41. The van der Waals surface area contributed by atoms with Crippen LogP contribution in [0.3, 0.4) is 0 Å². The number of hydrogen-bond acceptors (Lipinski definition) is 2. The smallest absolute Gasteiger partial charge is 0.199 e. The lowest BCUT2D eigenvalue weighted by atomic mass is 9.92. The van der Waals surface area contributed by atoms with E-state index in [-0.39, 0.29) is 10.5 Å². The van der Waals surface area contributed by atoms with Gasteiger partial charge in [-0.25, -0.2) is 0 Å². The Hall–Kier alpha value is -1.54. The number of carbonyl (C=O) groups is 1. The molecule has 0 atom stereocenters. The Morgan fingerprint density at radius 3 is 2.25 bits per heavy atom. The summed E-state index contributed by atoms with van der Waals surface area (Å²) >= 11 is 1.36. The zero-order valence-corrected chi connectivity index (χ0v) is 13.0. The minimum Gasteiger partial charge on any atom is -0.286 e. The summed E-state index contributed by atoms with van der Waals surface area (Å²) in [6.45, 7) is 6.07. The van der Waals surface area contributed by atoms with E-state index in [4.69, 9.17) is 0 Å². The van der Waals surface area contributed by atoms with Crippen molar-refractivity contribution in [2.45, 2.75) is 32.1 Å². The first-order valence-corrected chi connectivity index (χ1v) is 7.73. The Morgan fingerprint density at radius 1 is 1.00 bits per heavy atom. The Morgan fingerprint density at radius 2 is 1.60 bits per heavy atom. The van der Waals surface area contributed by atoms with Crippen molar-refractivity contribution >= 4 is 16.9 Å². The molecule has 0 saturated carbocycles. The Kier molecular flexibility index (Phi) is 4.66. The van der Waals surface area contributed by atoms with Gasteiger partial charge in [-0.1, -0.05) is 81.1 Å². The highest BCUT2D eigenvalue weighted by atomic mass is 32.2. The SMILES string of the molecule is CCC(C)(C)C(=O)Sc1ccccc1-c1ccccc1. The van der Waals surface area contributed by atoms with Crippen molar-refractivity contribution in [1.29, 1.82) is 0 Å². The van der Waals surface area contributed by atoms with E-state index in [1.165, 1.54) is 11.8 Å². The first kappa shape index (κ1) is 14.9. The fraction of sp³-hybridized carbons (Fsp3) is 0.278. The van der Waals surface area contributed by atoms with Gasteiger partial charge in [0.05, 0.1) is 0 Å². The van der Waals surface area contributed by atoms with Crippen LogP contribution in [0.15, 0.2) is 59.5 Å². The van der Waals surface area contributed by atoms with Crippen molar-refractivity contribution in [3.05, 3.63) is 54.6 Å². The largest absolute Gasteiger partial charge is 0.286 e. The molecule has 0 aliphatic heterocycles. The van der Waals surface area contributed by atoms with Crippen LogP contribution in [-0.4, -0.2) is 5.12 Å². The van der Waals surface area contributed by atoms with Crippen molar-refractivity contribution in [2.24, 2.45) is 5.41 Å². The topological polar surface area (TPSA) is 17.1 Å². The summed E-state index contributed by atoms with van der Waals surface area (Å²) in [6.07, 6.45) is 0.854. The van der Waals surface area contributed by atoms with Gasteiger partial charge in [-0.05, 0) is 23.6 Å². The molecule has 0 aliphatic carbocycles. The first-order chi connectivity index (χ1) is 9.54. The van der Waals surface area contributed by atoms with E-state index >= 15 is 0 Å². The lowest BCUT2D eigenvalue weighted by Crippen LogP contribution is -2.19. The van der Waals surface area contributed by atoms with E-state index in [9.17, 15) is 4.79 Å². The van der Waals surface area contributed by atoms with Crippen molar-refractivity contribution in [2.75, 3.05) is 0 Å². The zero-order chi connectivity index (χ0) is 14.6. The molecule has 0 saturated heterocycles. The second kappa shape index (κ2) is 6.27. The van der Waals surface area contributed by atoms with Crippen LogP contribution in [0.2, 0.25) is 0 Å². The zero-order valence-electron chi connectivity index (χ0n) is 12.2. The second-order valence-corrected chi connectivity index (χ2v) is 6.50. The van der Waals surface area contributed by atoms with Crippen molar-refractivity contribution in [3.8, 4) is 11.1 Å². The van der Waals surface area contributed by atoms with Crippen LogP contribution in [0.1, 0.15) is 27.2 Å². The number of benzene rings is 2. The summed E-state index contributed by atoms with van der Waals surface area (Å²) in [5.41, 5.74) is 1.99. The molecule has 2 aromatic carbocycles. The van der Waals surface area contributed by atoms with Gasteiger partial charge in [-0.3, -0.25) is 4.79 Å². The third-order valence-corrected chi connectivity index (χ3v) is 4.92. The van der Waals surface area contributed by atoms with Gasteiger partial charge in [-0.15, -0.1) is 0 Å². The summed E-state index contributed by atoms with van der Waals surface area (Å²) in [4.78, 5) is 13.4. The third-order valence-electron chi connectivity index (χ3n) is 3.61. The summed E-state index contributed by atoms with van der Waals surface area (Å²) in [7, 11) is 0. The molecule has 1 nitrogen and oxygen atoms in total. The summed E-state index contributed by atoms with van der Waals surface area (Å²) in [5, 5.41) is 0.225. The van der Waals surface area contributed by atoms with Gasteiger partial charge in [0.25, 0.3) is 0 Å². The van der Waals surface area contributed by atoms with Crippen LogP contribution in [0.5, 0.6) is 0 Å². The number of rotatable bonds is 4. The fourth-order valence-corrected chi connectivity index (χ4v) is 2.86. The molecule has 104 valence electrons. The van der Waals surface area contributed by atoms with Crippen molar-refractivity contribution in [1.82, 2.24) is 0 Å². The van der Waals surface area contributed by atoms with Gasteiger partial charge in [0, 0.05) is 10.3 Å². The highest BCUT2D eigenvalue weighted by Crippen LogP contribution is 2.37. The molecule has 2 rings (SSSR count). The molecule has 0 fully saturated rings. The molecule has 0 aliphatic rings. The number of thioether (sulfide) groups is 1. The minimum absolute atomic E-state index is 0.225. The van der Waals surface area contributed by atoms with Gasteiger partial charge < -0.3 is 0 Å². The molecule has 0 aromatic heterocycles. The quantitative estimate of drug-likeness (QED) is 0.698. The van der Waals surface area contributed by atoms with Crippen molar-refractivity contribution in [3.63, 3.8) is 0 Å². The first-order valence-electron chi connectivity index (χ1n) is 6.91. The summed E-state index contributed by atoms with van der Waals surface area (Å²) < 4.78 is 0. The van der Waals surface area contributed by atoms with Gasteiger partial charge in [0.2, 0.25) is 0 Å². The standard InChI is InChI=1S/C18H20OS/c1-4-18(2,3)17(19)20-16-13-9-8-12-15(16)14-10-6-5-7-11-14/h5-13H,4H2,1-3H3. The van der Waals surface area contributed by atoms with Crippen LogP contribution in [0.4, 0.5) is 0 Å². The van der Waals surface area contributed by atoms with E-state index in [1.807, 2.05) is 50.2 Å². The van der Waals surface area contributed by atoms with Crippen LogP contribution in [-0.2, 0) is 4.79 Å². The second-order valence-electron chi connectivity index (χ2n) is 5.49. The van der Waals surface area contributed by atoms with Crippen LogP contribution in [0.25, 0.3) is 11.1 Å². The van der Waals surface area contributed by atoms with E-state index in [2.05, 4.69) is 25.1 Å². The molecular weight excluding hydrogens is 264 g/mol. The summed E-state index contributed by atoms with van der Waals surface area (Å²) in [6, 6.07) is 18.3. The maximum atomic E-state index is 12.4. The van der Waals surface area contributed by atoms with E-state index in [1.54, 1.807) is 0 Å². The van der Waals surface area contributed by atoms with E-state index in [0.29, 0.717) is 0 Å². The predicted molar refractivity (Wildman–Crippen MR) is 86.8 cm³/mol. The Bertz CT molecular complexity index is 587. The molecule has 2 heteroatoms. The molecule has 0 radical (unpaired) electrons. The maximum absolute atomic E-state index is 12.4. The molecule has 0 bridgehead atoms. The average Bonchev–Trinajstić information content (AvgIpc) is 2.48. The van der Waals surface area contributed by atoms with E-state index in [0.717, 1.165) is 22.4 Å². The van der Waals surface area contributed by atoms with Crippen LogP contribution < -0.4 is 0 Å². The highest BCUT2D eigenvalue weighted by molar-refractivity contribution is 8.13. The Balaban J connectivity index is 2.33. The average molecular weight is 284 g/mol. The van der Waals surface area contributed by atoms with Gasteiger partial charge >= 0.3 is 0 Å². The van der Waals surface area contributed by atoms with E-state index < -0.39 is 0 Å². The minimum atomic E-state index is -0.283. The lowest BCUT2D eigenvalue weighted by molar-refractivity contribution is -0.118. The Labute approximate surface area is 125 Å². The third kappa shape index (κ3) is 3.31. The number of hydrogen-bond donors (Lipinski definition) is 0. The highest BCUT2D eigenvalue weighted by Gasteiger charge is 2.26. The fourth-order valence-electron chi connectivity index (χ4n) is 1.79. The van der Waals surface area contributed by atoms with Crippen LogP contribution >= 0.6 is 11.8 Å². The lowest BCUT2D eigenvalue weighted by Gasteiger charge is -2.20. The molecule has 0 N–H and O–H groups in total. The monoisotopic (exact) mass is 284 g/mol. The van der Waals surface area contributed by atoms with Gasteiger partial charge in [0.15, 0.2) is 5.12 Å². The molecule has 20 heavy (non-hydrogen) atoms. The molecule has 0 amide bonds. The molecule has 0 unspecified atom stereocenters. The molecule has 0 heterocycles. The molecular formula is C18H20OS. The molecule has 2 aromatic rings. The van der Waals surface area contributed by atoms with Crippen molar-refractivity contribution < 1.29 is 4.79 Å². The number of carbonyl (C=O) groups excluding carboxylic acids is 1. The normalized spacial score (nSPS) is 11.3. The molecule has 0 spiro atoms. The van der Waals surface area contributed by atoms with Gasteiger partial charge in [-0.2, -0.15) is 0 Å². The van der Waals surface area contributed by atoms with Crippen LogP contribution in [0, 0.1) is 5.41 Å².